The number of carbonyl (C=O) groups is 1. The van der Waals surface area contributed by atoms with Crippen molar-refractivity contribution in [2.24, 2.45) is 0 Å². The van der Waals surface area contributed by atoms with Crippen molar-refractivity contribution >= 4 is 11.6 Å². The Morgan fingerprint density at radius 2 is 1.92 bits per heavy atom. The molecule has 1 aliphatic heterocycles. The molecule has 24 heavy (non-hydrogen) atoms. The highest BCUT2D eigenvalue weighted by Crippen LogP contribution is 2.23. The third-order valence-corrected chi connectivity index (χ3v) is 4.55. The Morgan fingerprint density at radius 3 is 2.62 bits per heavy atom. The van der Waals surface area contributed by atoms with Gasteiger partial charge >= 0.3 is 0 Å². The molecule has 0 unspecified atom stereocenters. The Hall–Kier alpha value is -2.56. The van der Waals surface area contributed by atoms with Crippen LogP contribution in [0.25, 0.3) is 0 Å². The summed E-state index contributed by atoms with van der Waals surface area (Å²) in [5.41, 5.74) is 3.89. The van der Waals surface area contributed by atoms with Crippen molar-refractivity contribution in [2.45, 2.75) is 13.8 Å². The minimum Gasteiger partial charge on any atom is -0.482 e. The normalized spacial score (nSPS) is 14.6. The van der Waals surface area contributed by atoms with Crippen LogP contribution in [0.4, 0.5) is 5.69 Å². The fourth-order valence-corrected chi connectivity index (χ4v) is 2.94. The molecular formula is C19H23N3O2. The second-order valence-corrected chi connectivity index (χ2v) is 6.06. The predicted molar refractivity (Wildman–Crippen MR) is 94.4 cm³/mol. The van der Waals surface area contributed by atoms with Gasteiger partial charge in [0.1, 0.15) is 5.75 Å². The number of hydrogen-bond donors (Lipinski definition) is 0. The molecule has 5 heteroatoms. The molecule has 2 heterocycles. The van der Waals surface area contributed by atoms with Crippen LogP contribution in [0, 0.1) is 13.8 Å². The molecule has 1 fully saturated rings. The Balaban J connectivity index is 1.53. The van der Waals surface area contributed by atoms with E-state index in [-0.39, 0.29) is 12.5 Å². The number of carbonyl (C=O) groups excluding carboxylic acids is 1. The summed E-state index contributed by atoms with van der Waals surface area (Å²) in [4.78, 5) is 20.5. The summed E-state index contributed by atoms with van der Waals surface area (Å²) in [6, 6.07) is 9.98. The van der Waals surface area contributed by atoms with Gasteiger partial charge in [0.25, 0.3) is 5.91 Å². The molecule has 0 N–H and O–H groups in total. The number of anilines is 1. The van der Waals surface area contributed by atoms with Gasteiger partial charge in [-0.3, -0.25) is 9.78 Å². The maximum Gasteiger partial charge on any atom is 0.260 e. The van der Waals surface area contributed by atoms with E-state index in [1.54, 1.807) is 24.5 Å². The summed E-state index contributed by atoms with van der Waals surface area (Å²) in [5.74, 6) is 0.652. The van der Waals surface area contributed by atoms with Crippen molar-refractivity contribution in [2.75, 3.05) is 37.7 Å². The summed E-state index contributed by atoms with van der Waals surface area (Å²) in [7, 11) is 0. The number of aryl methyl sites for hydroxylation is 1. The topological polar surface area (TPSA) is 45.7 Å². The first-order valence-electron chi connectivity index (χ1n) is 8.27. The molecule has 1 saturated heterocycles. The highest BCUT2D eigenvalue weighted by atomic mass is 16.5. The summed E-state index contributed by atoms with van der Waals surface area (Å²) in [6.07, 6.45) is 3.30. The van der Waals surface area contributed by atoms with Gasteiger partial charge in [-0.15, -0.1) is 0 Å². The van der Waals surface area contributed by atoms with Crippen LogP contribution in [0.15, 0.2) is 42.7 Å². The molecule has 0 aliphatic carbocycles. The lowest BCUT2D eigenvalue weighted by molar-refractivity contribution is -0.133. The third kappa shape index (κ3) is 3.67. The molecule has 1 aromatic heterocycles. The molecule has 1 aliphatic rings. The predicted octanol–water partition coefficient (Wildman–Crippen LogP) is 2.43. The summed E-state index contributed by atoms with van der Waals surface area (Å²) in [5, 5.41) is 0. The van der Waals surface area contributed by atoms with Gasteiger partial charge in [0.2, 0.25) is 0 Å². The maximum atomic E-state index is 12.3. The number of amides is 1. The van der Waals surface area contributed by atoms with Crippen molar-refractivity contribution in [3.05, 3.63) is 53.9 Å². The number of piperazine rings is 1. The first-order chi connectivity index (χ1) is 11.6. The van der Waals surface area contributed by atoms with Gasteiger partial charge < -0.3 is 14.5 Å². The molecule has 2 aromatic rings. The van der Waals surface area contributed by atoms with Crippen molar-refractivity contribution in [3.63, 3.8) is 0 Å². The van der Waals surface area contributed by atoms with Crippen LogP contribution in [0.2, 0.25) is 0 Å². The first-order valence-corrected chi connectivity index (χ1v) is 8.27. The highest BCUT2D eigenvalue weighted by molar-refractivity contribution is 5.78. The van der Waals surface area contributed by atoms with Gasteiger partial charge in [-0.25, -0.2) is 0 Å². The molecule has 0 atom stereocenters. The Labute approximate surface area is 142 Å². The monoisotopic (exact) mass is 325 g/mol. The first kappa shape index (κ1) is 16.3. The van der Waals surface area contributed by atoms with Crippen LogP contribution >= 0.6 is 0 Å². The summed E-state index contributed by atoms with van der Waals surface area (Å²) in [6.45, 7) is 7.50. The van der Waals surface area contributed by atoms with E-state index in [1.807, 2.05) is 4.90 Å². The summed E-state index contributed by atoms with van der Waals surface area (Å²) < 4.78 is 5.50. The lowest BCUT2D eigenvalue weighted by atomic mass is 10.1. The minimum atomic E-state index is 0.0273. The fraction of sp³-hybridized carbons (Fsp3) is 0.368. The number of nitrogens with zero attached hydrogens (tertiary/aromatic N) is 3. The number of benzene rings is 1. The van der Waals surface area contributed by atoms with Crippen LogP contribution < -0.4 is 9.64 Å². The Morgan fingerprint density at radius 1 is 1.12 bits per heavy atom. The SMILES string of the molecule is Cc1cccc(N2CCN(C(=O)COc3cccnc3)CC2)c1C. The number of pyridine rings is 1. The Bertz CT molecular complexity index is 695. The highest BCUT2D eigenvalue weighted by Gasteiger charge is 2.22. The van der Waals surface area contributed by atoms with E-state index < -0.39 is 0 Å². The average molecular weight is 325 g/mol. The van der Waals surface area contributed by atoms with Gasteiger partial charge in [-0.1, -0.05) is 12.1 Å². The standard InChI is InChI=1S/C19H23N3O2/c1-15-5-3-7-18(16(15)2)21-9-11-22(12-10-21)19(23)14-24-17-6-4-8-20-13-17/h3-8,13H,9-12,14H2,1-2H3. The van der Waals surface area contributed by atoms with Crippen molar-refractivity contribution < 1.29 is 9.53 Å². The van der Waals surface area contributed by atoms with E-state index in [1.165, 1.54) is 16.8 Å². The smallest absolute Gasteiger partial charge is 0.260 e. The lowest BCUT2D eigenvalue weighted by Crippen LogP contribution is -2.50. The van der Waals surface area contributed by atoms with Crippen LogP contribution in [0.5, 0.6) is 5.75 Å². The number of hydrogen-bond acceptors (Lipinski definition) is 4. The minimum absolute atomic E-state index is 0.0273. The largest absolute Gasteiger partial charge is 0.482 e. The molecule has 1 aromatic carbocycles. The van der Waals surface area contributed by atoms with Crippen LogP contribution in [0.1, 0.15) is 11.1 Å². The van der Waals surface area contributed by atoms with Crippen LogP contribution in [0.3, 0.4) is 0 Å². The zero-order valence-electron chi connectivity index (χ0n) is 14.2. The molecular weight excluding hydrogens is 302 g/mol. The molecule has 0 radical (unpaired) electrons. The second-order valence-electron chi connectivity index (χ2n) is 6.06. The van der Waals surface area contributed by atoms with Crippen LogP contribution in [-0.2, 0) is 4.79 Å². The van der Waals surface area contributed by atoms with E-state index in [9.17, 15) is 4.79 Å². The zero-order valence-corrected chi connectivity index (χ0v) is 14.2. The molecule has 0 bridgehead atoms. The van der Waals surface area contributed by atoms with Gasteiger partial charge in [0.05, 0.1) is 6.20 Å². The summed E-state index contributed by atoms with van der Waals surface area (Å²) >= 11 is 0. The second kappa shape index (κ2) is 7.34. The lowest BCUT2D eigenvalue weighted by Gasteiger charge is -2.37. The average Bonchev–Trinajstić information content (AvgIpc) is 2.63. The van der Waals surface area contributed by atoms with Gasteiger partial charge in [-0.2, -0.15) is 0 Å². The van der Waals surface area contributed by atoms with Crippen molar-refractivity contribution in [3.8, 4) is 5.75 Å². The number of aromatic nitrogens is 1. The Kier molecular flexibility index (Phi) is 4.99. The molecule has 0 spiro atoms. The molecule has 126 valence electrons. The fourth-order valence-electron chi connectivity index (χ4n) is 2.94. The quantitative estimate of drug-likeness (QED) is 0.866. The van der Waals surface area contributed by atoms with Crippen LogP contribution in [-0.4, -0.2) is 48.6 Å². The molecule has 3 rings (SSSR count). The zero-order chi connectivity index (χ0) is 16.9. The molecule has 1 amide bonds. The maximum absolute atomic E-state index is 12.3. The van der Waals surface area contributed by atoms with E-state index >= 15 is 0 Å². The van der Waals surface area contributed by atoms with E-state index in [4.69, 9.17) is 4.74 Å². The van der Waals surface area contributed by atoms with E-state index in [0.29, 0.717) is 5.75 Å². The number of rotatable bonds is 4. The van der Waals surface area contributed by atoms with Crippen molar-refractivity contribution in [1.29, 1.82) is 0 Å². The molecule has 5 nitrogen and oxygen atoms in total. The van der Waals surface area contributed by atoms with Crippen molar-refractivity contribution in [1.82, 2.24) is 9.88 Å². The van der Waals surface area contributed by atoms with E-state index in [0.717, 1.165) is 26.2 Å². The van der Waals surface area contributed by atoms with Gasteiger partial charge in [0.15, 0.2) is 6.61 Å². The van der Waals surface area contributed by atoms with Gasteiger partial charge in [-0.05, 0) is 43.2 Å². The number of ether oxygens (including phenoxy) is 1. The van der Waals surface area contributed by atoms with E-state index in [2.05, 4.69) is 41.9 Å². The third-order valence-electron chi connectivity index (χ3n) is 4.55. The molecule has 0 saturated carbocycles. The van der Waals surface area contributed by atoms with Gasteiger partial charge in [0, 0.05) is 38.1 Å².